The van der Waals surface area contributed by atoms with E-state index in [1.807, 2.05) is 25.2 Å². The number of nitrogens with zero attached hydrogens (tertiary/aromatic N) is 2. The Labute approximate surface area is 169 Å². The molecule has 2 atom stereocenters. The molecule has 0 radical (unpaired) electrons. The average Bonchev–Trinajstić information content (AvgIpc) is 3.01. The number of hydrogen-bond donors (Lipinski definition) is 2. The molecule has 0 amide bonds. The van der Waals surface area contributed by atoms with Crippen LogP contribution in [0.5, 0.6) is 0 Å². The van der Waals surface area contributed by atoms with Gasteiger partial charge in [-0.2, -0.15) is 0 Å². The highest BCUT2D eigenvalue weighted by atomic mass is 127. The SMILES string of the molecule is CN=C(NCC(C)COCc1ccccc1)NCC1CCCN1C.I. The minimum Gasteiger partial charge on any atom is -0.376 e. The van der Waals surface area contributed by atoms with Crippen molar-refractivity contribution in [2.75, 3.05) is 40.3 Å². The Morgan fingerprint density at radius 3 is 2.72 bits per heavy atom. The fraction of sp³-hybridized carbons (Fsp3) is 0.632. The predicted octanol–water partition coefficient (Wildman–Crippen LogP) is 2.72. The van der Waals surface area contributed by atoms with Crippen LogP contribution in [0.2, 0.25) is 0 Å². The molecular formula is C19H33IN4O. The van der Waals surface area contributed by atoms with Crippen molar-refractivity contribution >= 4 is 29.9 Å². The fourth-order valence-electron chi connectivity index (χ4n) is 2.95. The van der Waals surface area contributed by atoms with Crippen LogP contribution < -0.4 is 10.6 Å². The second-order valence-corrected chi connectivity index (χ2v) is 6.72. The largest absolute Gasteiger partial charge is 0.376 e. The van der Waals surface area contributed by atoms with Crippen LogP contribution in [0.4, 0.5) is 0 Å². The number of aliphatic imine (C=N–C) groups is 1. The molecule has 2 N–H and O–H groups in total. The third-order valence-corrected chi connectivity index (χ3v) is 4.53. The zero-order valence-corrected chi connectivity index (χ0v) is 18.0. The molecule has 2 unspecified atom stereocenters. The molecule has 1 fully saturated rings. The Bertz CT molecular complexity index is 497. The van der Waals surface area contributed by atoms with Gasteiger partial charge < -0.3 is 20.3 Å². The molecular weight excluding hydrogens is 427 g/mol. The lowest BCUT2D eigenvalue weighted by molar-refractivity contribution is 0.0931. The third-order valence-electron chi connectivity index (χ3n) is 4.53. The van der Waals surface area contributed by atoms with Crippen molar-refractivity contribution in [2.24, 2.45) is 10.9 Å². The molecule has 1 aromatic rings. The maximum absolute atomic E-state index is 5.80. The first kappa shape index (κ1) is 22.2. The van der Waals surface area contributed by atoms with E-state index in [0.29, 0.717) is 18.6 Å². The Hall–Kier alpha value is -0.860. The molecule has 0 bridgehead atoms. The molecule has 0 spiro atoms. The topological polar surface area (TPSA) is 48.9 Å². The standard InChI is InChI=1S/C19H32N4O.HI/c1-16(14-24-15-17-8-5-4-6-9-17)12-21-19(20-2)22-13-18-10-7-11-23(18)3;/h4-6,8-9,16,18H,7,10-15H2,1-3H3,(H2,20,21,22);1H. The first-order valence-electron chi connectivity index (χ1n) is 8.95. The van der Waals surface area contributed by atoms with Crippen molar-refractivity contribution in [3.63, 3.8) is 0 Å². The van der Waals surface area contributed by atoms with Crippen LogP contribution in [0.25, 0.3) is 0 Å². The van der Waals surface area contributed by atoms with Gasteiger partial charge in [-0.1, -0.05) is 37.3 Å². The van der Waals surface area contributed by atoms with Crippen molar-refractivity contribution in [1.82, 2.24) is 15.5 Å². The first-order valence-corrected chi connectivity index (χ1v) is 8.95. The van der Waals surface area contributed by atoms with Gasteiger partial charge in [0.15, 0.2) is 5.96 Å². The van der Waals surface area contributed by atoms with E-state index in [1.54, 1.807) is 0 Å². The average molecular weight is 460 g/mol. The van der Waals surface area contributed by atoms with E-state index in [2.05, 4.69) is 46.6 Å². The van der Waals surface area contributed by atoms with Gasteiger partial charge in [-0.3, -0.25) is 4.99 Å². The summed E-state index contributed by atoms with van der Waals surface area (Å²) in [5.74, 6) is 1.31. The number of benzene rings is 1. The molecule has 25 heavy (non-hydrogen) atoms. The zero-order valence-electron chi connectivity index (χ0n) is 15.7. The van der Waals surface area contributed by atoms with Gasteiger partial charge in [0.25, 0.3) is 0 Å². The molecule has 1 aliphatic heterocycles. The van der Waals surface area contributed by atoms with Crippen LogP contribution in [-0.2, 0) is 11.3 Å². The summed E-state index contributed by atoms with van der Waals surface area (Å²) in [5.41, 5.74) is 1.22. The van der Waals surface area contributed by atoms with Gasteiger partial charge in [0.2, 0.25) is 0 Å². The summed E-state index contributed by atoms with van der Waals surface area (Å²) in [6.07, 6.45) is 2.56. The second-order valence-electron chi connectivity index (χ2n) is 6.72. The van der Waals surface area contributed by atoms with Crippen LogP contribution in [-0.4, -0.2) is 57.2 Å². The monoisotopic (exact) mass is 460 g/mol. The summed E-state index contributed by atoms with van der Waals surface area (Å²) in [5, 5.41) is 6.83. The molecule has 0 aliphatic carbocycles. The summed E-state index contributed by atoms with van der Waals surface area (Å²) >= 11 is 0. The lowest BCUT2D eigenvalue weighted by Crippen LogP contribution is -2.45. The summed E-state index contributed by atoms with van der Waals surface area (Å²) in [6.45, 7) is 6.62. The van der Waals surface area contributed by atoms with Crippen LogP contribution in [0, 0.1) is 5.92 Å². The lowest BCUT2D eigenvalue weighted by Gasteiger charge is -2.22. The van der Waals surface area contributed by atoms with E-state index in [-0.39, 0.29) is 24.0 Å². The molecule has 1 heterocycles. The summed E-state index contributed by atoms with van der Waals surface area (Å²) in [7, 11) is 4.02. The maximum Gasteiger partial charge on any atom is 0.191 e. The highest BCUT2D eigenvalue weighted by Gasteiger charge is 2.20. The Balaban J connectivity index is 0.00000312. The van der Waals surface area contributed by atoms with E-state index in [9.17, 15) is 0 Å². The molecule has 1 aliphatic rings. The minimum absolute atomic E-state index is 0. The summed E-state index contributed by atoms with van der Waals surface area (Å²) < 4.78 is 5.80. The quantitative estimate of drug-likeness (QED) is 0.356. The Kier molecular flexibility index (Phi) is 11.1. The molecule has 6 heteroatoms. The third kappa shape index (κ3) is 8.37. The summed E-state index contributed by atoms with van der Waals surface area (Å²) in [4.78, 5) is 6.73. The fourth-order valence-corrected chi connectivity index (χ4v) is 2.95. The van der Waals surface area contributed by atoms with Gasteiger partial charge >= 0.3 is 0 Å². The second kappa shape index (κ2) is 12.5. The molecule has 0 saturated carbocycles. The Morgan fingerprint density at radius 2 is 2.08 bits per heavy atom. The van der Waals surface area contributed by atoms with Gasteiger partial charge in [0.1, 0.15) is 0 Å². The van der Waals surface area contributed by atoms with Crippen molar-refractivity contribution in [1.29, 1.82) is 0 Å². The molecule has 5 nitrogen and oxygen atoms in total. The number of rotatable bonds is 8. The smallest absolute Gasteiger partial charge is 0.191 e. The van der Waals surface area contributed by atoms with Crippen molar-refractivity contribution in [3.05, 3.63) is 35.9 Å². The lowest BCUT2D eigenvalue weighted by atomic mass is 10.2. The Morgan fingerprint density at radius 1 is 1.32 bits per heavy atom. The highest BCUT2D eigenvalue weighted by molar-refractivity contribution is 14.0. The van der Waals surface area contributed by atoms with Gasteiger partial charge in [-0.05, 0) is 37.9 Å². The van der Waals surface area contributed by atoms with Gasteiger partial charge in [-0.15, -0.1) is 24.0 Å². The number of nitrogens with one attached hydrogen (secondary N) is 2. The van der Waals surface area contributed by atoms with Crippen LogP contribution in [0.3, 0.4) is 0 Å². The van der Waals surface area contributed by atoms with Crippen molar-refractivity contribution in [3.8, 4) is 0 Å². The number of hydrogen-bond acceptors (Lipinski definition) is 3. The maximum atomic E-state index is 5.80. The van der Waals surface area contributed by atoms with Gasteiger partial charge in [0.05, 0.1) is 13.2 Å². The van der Waals surface area contributed by atoms with Crippen LogP contribution in [0.15, 0.2) is 35.3 Å². The van der Waals surface area contributed by atoms with Crippen molar-refractivity contribution < 1.29 is 4.74 Å². The molecule has 0 aromatic heterocycles. The molecule has 2 rings (SSSR count). The van der Waals surface area contributed by atoms with E-state index < -0.39 is 0 Å². The highest BCUT2D eigenvalue weighted by Crippen LogP contribution is 2.13. The van der Waals surface area contributed by atoms with E-state index in [4.69, 9.17) is 4.74 Å². The molecule has 1 saturated heterocycles. The van der Waals surface area contributed by atoms with Gasteiger partial charge in [0, 0.05) is 26.2 Å². The van der Waals surface area contributed by atoms with E-state index in [1.165, 1.54) is 24.9 Å². The number of halogens is 1. The number of guanidine groups is 1. The molecule has 142 valence electrons. The number of likely N-dealkylation sites (N-methyl/N-ethyl adjacent to an activating group) is 1. The summed E-state index contributed by atoms with van der Waals surface area (Å²) in [6, 6.07) is 10.9. The predicted molar refractivity (Wildman–Crippen MR) is 116 cm³/mol. The number of likely N-dealkylation sites (tertiary alicyclic amines) is 1. The van der Waals surface area contributed by atoms with Crippen LogP contribution in [0.1, 0.15) is 25.3 Å². The van der Waals surface area contributed by atoms with Crippen molar-refractivity contribution in [2.45, 2.75) is 32.4 Å². The zero-order chi connectivity index (χ0) is 17.2. The number of ether oxygens (including phenoxy) is 1. The first-order chi connectivity index (χ1) is 11.7. The van der Waals surface area contributed by atoms with Gasteiger partial charge in [-0.25, -0.2) is 0 Å². The normalized spacial score (nSPS) is 19.3. The van der Waals surface area contributed by atoms with E-state index in [0.717, 1.165) is 25.7 Å². The molecule has 1 aromatic carbocycles. The van der Waals surface area contributed by atoms with E-state index >= 15 is 0 Å². The minimum atomic E-state index is 0. The van der Waals surface area contributed by atoms with Crippen LogP contribution >= 0.6 is 24.0 Å².